The van der Waals surface area contributed by atoms with Crippen LogP contribution in [0.25, 0.3) is 0 Å². The molecule has 0 aliphatic rings. The number of benzene rings is 3. The number of hydrogen-bond acceptors (Lipinski definition) is 3. The van der Waals surface area contributed by atoms with Gasteiger partial charge < -0.3 is 14.8 Å². The first-order valence-corrected chi connectivity index (χ1v) is 11.0. The summed E-state index contributed by atoms with van der Waals surface area (Å²) in [5.41, 5.74) is 2.52. The predicted molar refractivity (Wildman–Crippen MR) is 127 cm³/mol. The van der Waals surface area contributed by atoms with Crippen LogP contribution in [0.2, 0.25) is 5.02 Å². The maximum Gasteiger partial charge on any atom is 0.418 e. The van der Waals surface area contributed by atoms with Crippen molar-refractivity contribution in [2.45, 2.75) is 40.5 Å². The molecule has 3 aromatic carbocycles. The number of carbonyl (C=O) groups excluding carboxylic acids is 1. The second kappa shape index (κ2) is 10.4. The van der Waals surface area contributed by atoms with Crippen LogP contribution in [0.3, 0.4) is 0 Å². The highest BCUT2D eigenvalue weighted by Crippen LogP contribution is 2.37. The molecule has 0 heterocycles. The molecule has 34 heavy (non-hydrogen) atoms. The summed E-state index contributed by atoms with van der Waals surface area (Å²) in [7, 11) is 0. The van der Waals surface area contributed by atoms with E-state index in [2.05, 4.69) is 11.4 Å². The highest BCUT2D eigenvalue weighted by Gasteiger charge is 2.34. The first-order chi connectivity index (χ1) is 16.0. The van der Waals surface area contributed by atoms with Gasteiger partial charge in [0.15, 0.2) is 0 Å². The van der Waals surface area contributed by atoms with Gasteiger partial charge in [-0.25, -0.2) is 0 Å². The van der Waals surface area contributed by atoms with Crippen molar-refractivity contribution in [1.29, 1.82) is 0 Å². The lowest BCUT2D eigenvalue weighted by Crippen LogP contribution is -2.17. The molecule has 1 N–H and O–H groups in total. The first kappa shape index (κ1) is 25.4. The van der Waals surface area contributed by atoms with E-state index < -0.39 is 17.6 Å². The summed E-state index contributed by atoms with van der Waals surface area (Å²) in [6.07, 6.45) is -4.67. The molecule has 0 aliphatic heterocycles. The average molecular weight is 492 g/mol. The van der Waals surface area contributed by atoms with Crippen LogP contribution in [-0.4, -0.2) is 12.5 Å². The van der Waals surface area contributed by atoms with Crippen molar-refractivity contribution in [2.24, 2.45) is 0 Å². The van der Waals surface area contributed by atoms with Crippen molar-refractivity contribution in [2.75, 3.05) is 11.9 Å². The summed E-state index contributed by atoms with van der Waals surface area (Å²) >= 11 is 5.72. The molecule has 8 heteroatoms. The number of anilines is 1. The number of alkyl halides is 3. The van der Waals surface area contributed by atoms with Gasteiger partial charge in [0.1, 0.15) is 18.1 Å². The van der Waals surface area contributed by atoms with Crippen LogP contribution in [0.1, 0.15) is 45.1 Å². The van der Waals surface area contributed by atoms with Crippen molar-refractivity contribution in [3.05, 3.63) is 86.9 Å². The van der Waals surface area contributed by atoms with Gasteiger partial charge >= 0.3 is 6.18 Å². The molecule has 0 atom stereocenters. The van der Waals surface area contributed by atoms with E-state index in [1.54, 1.807) is 12.1 Å². The fourth-order valence-electron chi connectivity index (χ4n) is 3.49. The van der Waals surface area contributed by atoms with E-state index >= 15 is 0 Å². The zero-order chi connectivity index (χ0) is 25.0. The van der Waals surface area contributed by atoms with Crippen LogP contribution in [0.15, 0.2) is 48.5 Å². The summed E-state index contributed by atoms with van der Waals surface area (Å²) in [6, 6.07) is 11.8. The van der Waals surface area contributed by atoms with Crippen LogP contribution in [0.4, 0.5) is 18.9 Å². The fourth-order valence-corrected chi connectivity index (χ4v) is 3.66. The third kappa shape index (κ3) is 6.03. The summed E-state index contributed by atoms with van der Waals surface area (Å²) in [5.74, 6) is 0.550. The molecule has 0 saturated carbocycles. The number of carbonyl (C=O) groups is 1. The van der Waals surface area contributed by atoms with Crippen molar-refractivity contribution < 1.29 is 27.4 Å². The van der Waals surface area contributed by atoms with Crippen LogP contribution in [0.5, 0.6) is 11.5 Å². The standard InChI is InChI=1S/C26H25ClF3NO3/c1-5-33-23-9-6-18(12-19(23)14-34-24-11-15(2)10-16(3)17(24)4)25(32)31-22-8-7-20(27)13-21(22)26(28,29)30/h6-13H,5,14H2,1-4H3,(H,31,32). The molecular formula is C26H25ClF3NO3. The van der Waals surface area contributed by atoms with Crippen molar-refractivity contribution >= 4 is 23.2 Å². The number of aryl methyl sites for hydroxylation is 2. The molecule has 0 unspecified atom stereocenters. The minimum atomic E-state index is -4.67. The van der Waals surface area contributed by atoms with Crippen LogP contribution in [0, 0.1) is 20.8 Å². The van der Waals surface area contributed by atoms with Gasteiger partial charge in [0.05, 0.1) is 17.9 Å². The lowest BCUT2D eigenvalue weighted by Gasteiger charge is -2.17. The largest absolute Gasteiger partial charge is 0.493 e. The number of hydrogen-bond donors (Lipinski definition) is 1. The Morgan fingerprint density at radius 2 is 1.71 bits per heavy atom. The average Bonchev–Trinajstić information content (AvgIpc) is 2.76. The molecule has 0 spiro atoms. The number of ether oxygens (including phenoxy) is 2. The zero-order valence-electron chi connectivity index (χ0n) is 19.3. The van der Waals surface area contributed by atoms with E-state index in [1.807, 2.05) is 33.8 Å². The Kier molecular flexibility index (Phi) is 7.77. The molecule has 0 fully saturated rings. The van der Waals surface area contributed by atoms with Crippen molar-refractivity contribution in [3.8, 4) is 11.5 Å². The topological polar surface area (TPSA) is 47.6 Å². The van der Waals surface area contributed by atoms with Gasteiger partial charge in [-0.2, -0.15) is 13.2 Å². The maximum atomic E-state index is 13.4. The Balaban J connectivity index is 1.88. The van der Waals surface area contributed by atoms with E-state index in [4.69, 9.17) is 21.1 Å². The summed E-state index contributed by atoms with van der Waals surface area (Å²) in [5, 5.41) is 2.26. The zero-order valence-corrected chi connectivity index (χ0v) is 20.0. The van der Waals surface area contributed by atoms with Gasteiger partial charge in [0.25, 0.3) is 5.91 Å². The number of rotatable bonds is 7. The van der Waals surface area contributed by atoms with E-state index in [9.17, 15) is 18.0 Å². The van der Waals surface area contributed by atoms with Gasteiger partial charge in [-0.05, 0) is 86.8 Å². The molecular weight excluding hydrogens is 467 g/mol. The molecule has 4 nitrogen and oxygen atoms in total. The van der Waals surface area contributed by atoms with E-state index in [-0.39, 0.29) is 22.9 Å². The molecule has 1 amide bonds. The molecule has 3 rings (SSSR count). The molecule has 0 saturated heterocycles. The number of amides is 1. The fraction of sp³-hybridized carbons (Fsp3) is 0.269. The lowest BCUT2D eigenvalue weighted by atomic mass is 10.1. The second-order valence-corrected chi connectivity index (χ2v) is 8.33. The normalized spacial score (nSPS) is 11.3. The van der Waals surface area contributed by atoms with Crippen molar-refractivity contribution in [3.63, 3.8) is 0 Å². The van der Waals surface area contributed by atoms with Gasteiger partial charge in [-0.1, -0.05) is 17.7 Å². The van der Waals surface area contributed by atoms with Gasteiger partial charge in [0.2, 0.25) is 0 Å². The Hall–Kier alpha value is -3.19. The van der Waals surface area contributed by atoms with Gasteiger partial charge in [-0.3, -0.25) is 4.79 Å². The van der Waals surface area contributed by atoms with E-state index in [0.717, 1.165) is 28.8 Å². The van der Waals surface area contributed by atoms with Crippen LogP contribution in [-0.2, 0) is 12.8 Å². The highest BCUT2D eigenvalue weighted by atomic mass is 35.5. The Bertz CT molecular complexity index is 1210. The van der Waals surface area contributed by atoms with Crippen LogP contribution >= 0.6 is 11.6 Å². The smallest absolute Gasteiger partial charge is 0.418 e. The van der Waals surface area contributed by atoms with E-state index in [1.165, 1.54) is 12.1 Å². The summed E-state index contributed by atoms with van der Waals surface area (Å²) in [4.78, 5) is 12.8. The first-order valence-electron chi connectivity index (χ1n) is 10.6. The third-order valence-corrected chi connectivity index (χ3v) is 5.54. The number of nitrogens with one attached hydrogen (secondary N) is 1. The Morgan fingerprint density at radius 3 is 2.38 bits per heavy atom. The molecule has 0 radical (unpaired) electrons. The number of halogens is 4. The molecule has 0 aromatic heterocycles. The third-order valence-electron chi connectivity index (χ3n) is 5.30. The van der Waals surface area contributed by atoms with E-state index in [0.29, 0.717) is 23.7 Å². The van der Waals surface area contributed by atoms with Gasteiger partial charge in [0, 0.05) is 16.1 Å². The van der Waals surface area contributed by atoms with Crippen LogP contribution < -0.4 is 14.8 Å². The summed E-state index contributed by atoms with van der Waals surface area (Å²) in [6.45, 7) is 8.29. The summed E-state index contributed by atoms with van der Waals surface area (Å²) < 4.78 is 51.9. The van der Waals surface area contributed by atoms with Gasteiger partial charge in [-0.15, -0.1) is 0 Å². The molecule has 0 aliphatic carbocycles. The lowest BCUT2D eigenvalue weighted by molar-refractivity contribution is -0.136. The Morgan fingerprint density at radius 1 is 0.971 bits per heavy atom. The van der Waals surface area contributed by atoms with Crippen molar-refractivity contribution in [1.82, 2.24) is 0 Å². The molecule has 180 valence electrons. The quantitative estimate of drug-likeness (QED) is 0.372. The minimum absolute atomic E-state index is 0.0764. The molecule has 3 aromatic rings. The minimum Gasteiger partial charge on any atom is -0.493 e. The Labute approximate surface area is 201 Å². The predicted octanol–water partition coefficient (Wildman–Crippen LogP) is 7.51. The monoisotopic (exact) mass is 491 g/mol. The second-order valence-electron chi connectivity index (χ2n) is 7.89. The SMILES string of the molecule is CCOc1ccc(C(=O)Nc2ccc(Cl)cc2C(F)(F)F)cc1COc1cc(C)cc(C)c1C. The molecule has 0 bridgehead atoms. The maximum absolute atomic E-state index is 13.4. The highest BCUT2D eigenvalue weighted by molar-refractivity contribution is 6.30.